The fourth-order valence-corrected chi connectivity index (χ4v) is 3.67. The number of piperidine rings is 1. The molecule has 0 aliphatic carbocycles. The third-order valence-corrected chi connectivity index (χ3v) is 5.56. The molecule has 1 aliphatic heterocycles. The quantitative estimate of drug-likeness (QED) is 0.259. The summed E-state index contributed by atoms with van der Waals surface area (Å²) >= 11 is 0. The van der Waals surface area contributed by atoms with E-state index in [2.05, 4.69) is 37.6 Å². The van der Waals surface area contributed by atoms with Crippen molar-refractivity contribution in [2.24, 2.45) is 0 Å². The van der Waals surface area contributed by atoms with E-state index in [9.17, 15) is 10.1 Å². The third kappa shape index (κ3) is 5.97. The van der Waals surface area contributed by atoms with Crippen molar-refractivity contribution in [1.82, 2.24) is 24.6 Å². The first-order valence-electron chi connectivity index (χ1n) is 11.0. The van der Waals surface area contributed by atoms with E-state index in [0.29, 0.717) is 30.7 Å². The Hall–Kier alpha value is -3.77. The Morgan fingerprint density at radius 2 is 1.88 bits per heavy atom. The lowest BCUT2D eigenvalue weighted by Crippen LogP contribution is -2.31. The molecule has 12 heteroatoms. The van der Waals surface area contributed by atoms with Gasteiger partial charge in [-0.1, -0.05) is 0 Å². The predicted molar refractivity (Wildman–Crippen MR) is 127 cm³/mol. The smallest absolute Gasteiger partial charge is 0.329 e. The van der Waals surface area contributed by atoms with E-state index in [1.807, 2.05) is 10.9 Å². The molecule has 1 aliphatic rings. The number of methoxy groups -OCH3 is 1. The Morgan fingerprint density at radius 3 is 2.59 bits per heavy atom. The van der Waals surface area contributed by atoms with Gasteiger partial charge in [-0.3, -0.25) is 14.8 Å². The van der Waals surface area contributed by atoms with E-state index in [-0.39, 0.29) is 17.5 Å². The molecule has 2 aromatic heterocycles. The second kappa shape index (κ2) is 10.9. The van der Waals surface area contributed by atoms with Gasteiger partial charge in [-0.05, 0) is 57.2 Å². The van der Waals surface area contributed by atoms with Crippen molar-refractivity contribution >= 4 is 28.8 Å². The molecule has 1 fully saturated rings. The largest absolute Gasteiger partial charge is 0.491 e. The lowest BCUT2D eigenvalue weighted by atomic mass is 10.1. The molecule has 0 atom stereocenters. The van der Waals surface area contributed by atoms with Gasteiger partial charge in [0.1, 0.15) is 18.6 Å². The van der Waals surface area contributed by atoms with Gasteiger partial charge in [-0.2, -0.15) is 10.1 Å². The van der Waals surface area contributed by atoms with Crippen LogP contribution in [0, 0.1) is 10.1 Å². The molecule has 4 rings (SSSR count). The summed E-state index contributed by atoms with van der Waals surface area (Å²) in [5.74, 6) is 0.984. The number of rotatable bonds is 10. The van der Waals surface area contributed by atoms with E-state index >= 15 is 0 Å². The Balaban J connectivity index is 1.45. The van der Waals surface area contributed by atoms with Crippen LogP contribution in [0.2, 0.25) is 0 Å². The monoisotopic (exact) mass is 468 g/mol. The Kier molecular flexibility index (Phi) is 7.50. The summed E-state index contributed by atoms with van der Waals surface area (Å²) in [6, 6.07) is 7.39. The van der Waals surface area contributed by atoms with Gasteiger partial charge in [0.2, 0.25) is 11.8 Å². The normalized spacial score (nSPS) is 14.6. The maximum atomic E-state index is 11.5. The summed E-state index contributed by atoms with van der Waals surface area (Å²) in [5.41, 5.74) is 1.12. The zero-order valence-corrected chi connectivity index (χ0v) is 19.2. The van der Waals surface area contributed by atoms with Gasteiger partial charge < -0.3 is 25.0 Å². The summed E-state index contributed by atoms with van der Waals surface area (Å²) in [4.78, 5) is 21.7. The zero-order valence-electron chi connectivity index (χ0n) is 19.2. The van der Waals surface area contributed by atoms with Crippen molar-refractivity contribution in [3.8, 4) is 5.75 Å². The van der Waals surface area contributed by atoms with Crippen LogP contribution in [0.5, 0.6) is 5.75 Å². The van der Waals surface area contributed by atoms with Crippen molar-refractivity contribution in [1.29, 1.82) is 0 Å². The molecule has 3 aromatic rings. The van der Waals surface area contributed by atoms with Crippen molar-refractivity contribution in [2.75, 3.05) is 51.1 Å². The number of ether oxygens (including phenoxy) is 2. The van der Waals surface area contributed by atoms with E-state index in [4.69, 9.17) is 9.47 Å². The number of nitro groups is 1. The van der Waals surface area contributed by atoms with Gasteiger partial charge in [0, 0.05) is 19.0 Å². The minimum absolute atomic E-state index is 0.0817. The maximum absolute atomic E-state index is 11.5. The van der Waals surface area contributed by atoms with Crippen LogP contribution in [0.3, 0.4) is 0 Å². The molecule has 0 radical (unpaired) electrons. The molecule has 1 aromatic carbocycles. The Morgan fingerprint density at radius 1 is 1.12 bits per heavy atom. The summed E-state index contributed by atoms with van der Waals surface area (Å²) in [5, 5.41) is 22.1. The summed E-state index contributed by atoms with van der Waals surface area (Å²) in [7, 11) is 3.73. The summed E-state index contributed by atoms with van der Waals surface area (Å²) in [6.45, 7) is 2.99. The molecule has 0 spiro atoms. The third-order valence-electron chi connectivity index (χ3n) is 5.56. The van der Waals surface area contributed by atoms with Gasteiger partial charge >= 0.3 is 5.69 Å². The number of benzene rings is 1. The van der Waals surface area contributed by atoms with Crippen LogP contribution in [0.25, 0.3) is 0 Å². The molecular formula is C22H28N8O4. The number of hydrogen-bond donors (Lipinski definition) is 2. The molecular weight excluding hydrogens is 440 g/mol. The molecule has 2 N–H and O–H groups in total. The van der Waals surface area contributed by atoms with Crippen molar-refractivity contribution in [2.45, 2.75) is 18.9 Å². The SMILES string of the molecule is COCCOc1ccc(Nc2nc(Nc3cnn(C4CCN(C)CC4)c3)ncc2[N+](=O)[O-])cc1. The minimum Gasteiger partial charge on any atom is -0.491 e. The molecule has 0 unspecified atom stereocenters. The van der Waals surface area contributed by atoms with E-state index in [0.717, 1.165) is 31.6 Å². The molecule has 3 heterocycles. The summed E-state index contributed by atoms with van der Waals surface area (Å²) < 4.78 is 12.5. The van der Waals surface area contributed by atoms with E-state index in [1.165, 1.54) is 6.20 Å². The average Bonchev–Trinajstić information content (AvgIpc) is 3.29. The first-order valence-corrected chi connectivity index (χ1v) is 11.0. The van der Waals surface area contributed by atoms with Crippen LogP contribution in [-0.2, 0) is 4.74 Å². The predicted octanol–water partition coefficient (Wildman–Crippen LogP) is 3.36. The van der Waals surface area contributed by atoms with E-state index in [1.54, 1.807) is 37.6 Å². The number of anilines is 4. The number of likely N-dealkylation sites (tertiary alicyclic amines) is 1. The standard InChI is InChI=1S/C22H28N8O4/c1-28-9-7-18(8-10-28)29-15-17(13-24-29)26-22-23-14-20(30(31)32)21(27-22)25-16-3-5-19(6-4-16)34-12-11-33-2/h3-6,13-15,18H,7-12H2,1-2H3,(H2,23,25,26,27). The highest BCUT2D eigenvalue weighted by molar-refractivity contribution is 5.67. The van der Waals surface area contributed by atoms with Crippen LogP contribution in [0.4, 0.5) is 28.8 Å². The van der Waals surface area contributed by atoms with Crippen LogP contribution < -0.4 is 15.4 Å². The minimum atomic E-state index is -0.521. The topological polar surface area (TPSA) is 133 Å². The molecule has 0 bridgehead atoms. The maximum Gasteiger partial charge on any atom is 0.329 e. The lowest BCUT2D eigenvalue weighted by Gasteiger charge is -2.28. The van der Waals surface area contributed by atoms with Crippen molar-refractivity contribution in [3.05, 3.63) is 53.0 Å². The first-order chi connectivity index (χ1) is 16.5. The number of nitrogens with one attached hydrogen (secondary N) is 2. The highest BCUT2D eigenvalue weighted by atomic mass is 16.6. The number of nitrogens with zero attached hydrogens (tertiary/aromatic N) is 6. The molecule has 12 nitrogen and oxygen atoms in total. The van der Waals surface area contributed by atoms with Crippen LogP contribution in [0.1, 0.15) is 18.9 Å². The van der Waals surface area contributed by atoms with Crippen molar-refractivity contribution < 1.29 is 14.4 Å². The highest BCUT2D eigenvalue weighted by Crippen LogP contribution is 2.28. The lowest BCUT2D eigenvalue weighted by molar-refractivity contribution is -0.384. The Bertz CT molecular complexity index is 1100. The average molecular weight is 469 g/mol. The number of hydrogen-bond acceptors (Lipinski definition) is 10. The molecule has 1 saturated heterocycles. The second-order valence-corrected chi connectivity index (χ2v) is 8.04. The van der Waals surface area contributed by atoms with Crippen LogP contribution in [-0.4, -0.2) is 70.0 Å². The van der Waals surface area contributed by atoms with Gasteiger partial charge in [0.15, 0.2) is 0 Å². The van der Waals surface area contributed by atoms with Crippen LogP contribution in [0.15, 0.2) is 42.9 Å². The van der Waals surface area contributed by atoms with Gasteiger partial charge in [-0.25, -0.2) is 4.98 Å². The van der Waals surface area contributed by atoms with Gasteiger partial charge in [0.25, 0.3) is 0 Å². The highest BCUT2D eigenvalue weighted by Gasteiger charge is 2.20. The fourth-order valence-electron chi connectivity index (χ4n) is 3.67. The Labute approximate surface area is 197 Å². The summed E-state index contributed by atoms with van der Waals surface area (Å²) in [6.07, 6.45) is 6.88. The fraction of sp³-hybridized carbons (Fsp3) is 0.409. The van der Waals surface area contributed by atoms with Gasteiger partial charge in [-0.15, -0.1) is 0 Å². The molecule has 180 valence electrons. The van der Waals surface area contributed by atoms with Gasteiger partial charge in [0.05, 0.1) is 29.5 Å². The molecule has 34 heavy (non-hydrogen) atoms. The molecule has 0 amide bonds. The molecule has 0 saturated carbocycles. The van der Waals surface area contributed by atoms with Crippen LogP contribution >= 0.6 is 0 Å². The second-order valence-electron chi connectivity index (χ2n) is 8.04. The van der Waals surface area contributed by atoms with E-state index < -0.39 is 4.92 Å². The zero-order chi connectivity index (χ0) is 23.9. The first kappa shape index (κ1) is 23.4. The number of aromatic nitrogens is 4. The van der Waals surface area contributed by atoms with Crippen molar-refractivity contribution in [3.63, 3.8) is 0 Å².